The number of rotatable bonds is 6. The van der Waals surface area contributed by atoms with Crippen molar-refractivity contribution in [1.82, 2.24) is 14.5 Å². The summed E-state index contributed by atoms with van der Waals surface area (Å²) in [6.07, 6.45) is 5.14. The van der Waals surface area contributed by atoms with Crippen molar-refractivity contribution < 1.29 is 4.74 Å². The zero-order valence-electron chi connectivity index (χ0n) is 14.8. The minimum absolute atomic E-state index is 0. The number of hydrogen-bond donors (Lipinski definition) is 0. The molecule has 0 fully saturated rings. The molecule has 0 saturated carbocycles. The summed E-state index contributed by atoms with van der Waals surface area (Å²) in [5.41, 5.74) is 2.71. The summed E-state index contributed by atoms with van der Waals surface area (Å²) in [5, 5.41) is 2.29. The Hall–Kier alpha value is -2.11. The summed E-state index contributed by atoms with van der Waals surface area (Å²) in [6, 6.07) is 17.5. The van der Waals surface area contributed by atoms with Crippen molar-refractivity contribution in [3.63, 3.8) is 0 Å². The molecular weight excluding hydrogens is 417 g/mol. The minimum Gasteiger partial charge on any atom is -0.365 e. The average Bonchev–Trinajstić information content (AvgIpc) is 3.18. The molecule has 28 heavy (non-hydrogen) atoms. The number of halogens is 3. The molecule has 0 saturated heterocycles. The fourth-order valence-corrected chi connectivity index (χ4v) is 3.49. The lowest BCUT2D eigenvalue weighted by Gasteiger charge is -2.20. The molecule has 1 atom stereocenters. The van der Waals surface area contributed by atoms with Gasteiger partial charge in [0.25, 0.3) is 0 Å². The summed E-state index contributed by atoms with van der Waals surface area (Å²) in [7, 11) is 0. The van der Waals surface area contributed by atoms with Crippen LogP contribution in [0.4, 0.5) is 0 Å². The molecule has 2 aromatic heterocycles. The second-order valence-corrected chi connectivity index (χ2v) is 7.06. The lowest BCUT2D eigenvalue weighted by Crippen LogP contribution is -2.13. The Balaban J connectivity index is 0.00000225. The number of fused-ring (bicyclic) bond motifs is 1. The van der Waals surface area contributed by atoms with Gasteiger partial charge >= 0.3 is 0 Å². The van der Waals surface area contributed by atoms with Crippen LogP contribution in [0.1, 0.15) is 17.4 Å². The van der Waals surface area contributed by atoms with E-state index in [2.05, 4.69) is 16.0 Å². The first-order valence-electron chi connectivity index (χ1n) is 8.56. The zero-order chi connectivity index (χ0) is 18.6. The van der Waals surface area contributed by atoms with E-state index in [1.165, 1.54) is 0 Å². The Bertz CT molecular complexity index is 1050. The van der Waals surface area contributed by atoms with Gasteiger partial charge in [-0.25, -0.2) is 4.98 Å². The van der Waals surface area contributed by atoms with E-state index in [4.69, 9.17) is 27.9 Å². The van der Waals surface area contributed by atoms with E-state index in [9.17, 15) is 0 Å². The van der Waals surface area contributed by atoms with Gasteiger partial charge in [-0.1, -0.05) is 53.5 Å². The lowest BCUT2D eigenvalue weighted by atomic mass is 10.1. The molecule has 0 bridgehead atoms. The number of ether oxygens (including phenoxy) is 1. The van der Waals surface area contributed by atoms with Crippen LogP contribution in [0.2, 0.25) is 10.0 Å². The number of pyridine rings is 1. The Labute approximate surface area is 179 Å². The Morgan fingerprint density at radius 1 is 1.04 bits per heavy atom. The van der Waals surface area contributed by atoms with Gasteiger partial charge < -0.3 is 9.30 Å². The van der Waals surface area contributed by atoms with Gasteiger partial charge in [0.15, 0.2) is 0 Å². The van der Waals surface area contributed by atoms with Gasteiger partial charge in [0.05, 0.1) is 30.7 Å². The van der Waals surface area contributed by atoms with Crippen LogP contribution in [0, 0.1) is 0 Å². The third-order valence-corrected chi connectivity index (χ3v) is 4.90. The normalized spacial score (nSPS) is 11.9. The maximum atomic E-state index is 6.42. The van der Waals surface area contributed by atoms with Crippen molar-refractivity contribution in [2.45, 2.75) is 19.3 Å². The van der Waals surface area contributed by atoms with Crippen molar-refractivity contribution in [3.05, 3.63) is 94.6 Å². The number of aromatic nitrogens is 3. The third kappa shape index (κ3) is 4.83. The predicted molar refractivity (Wildman–Crippen MR) is 115 cm³/mol. The second kappa shape index (κ2) is 9.39. The molecule has 0 radical (unpaired) electrons. The monoisotopic (exact) mass is 433 g/mol. The third-order valence-electron chi connectivity index (χ3n) is 4.33. The molecular formula is C21H18Cl3N3O. The van der Waals surface area contributed by atoms with Crippen molar-refractivity contribution in [2.24, 2.45) is 0 Å². The summed E-state index contributed by atoms with van der Waals surface area (Å²) in [4.78, 5) is 8.78. The van der Waals surface area contributed by atoms with Crippen LogP contribution in [0.3, 0.4) is 0 Å². The summed E-state index contributed by atoms with van der Waals surface area (Å²) < 4.78 is 8.18. The molecule has 7 heteroatoms. The first kappa shape index (κ1) is 20.6. The van der Waals surface area contributed by atoms with E-state index in [0.717, 1.165) is 22.2 Å². The quantitative estimate of drug-likeness (QED) is 0.367. The van der Waals surface area contributed by atoms with E-state index in [1.807, 2.05) is 53.2 Å². The molecule has 4 rings (SSSR count). The molecule has 0 aliphatic carbocycles. The highest BCUT2D eigenvalue weighted by atomic mass is 35.5. The van der Waals surface area contributed by atoms with E-state index in [0.29, 0.717) is 23.2 Å². The molecule has 0 spiro atoms. The van der Waals surface area contributed by atoms with Gasteiger partial charge in [-0.3, -0.25) is 4.98 Å². The van der Waals surface area contributed by atoms with Crippen LogP contribution < -0.4 is 0 Å². The number of para-hydroxylation sites is 1. The van der Waals surface area contributed by atoms with E-state index < -0.39 is 0 Å². The Morgan fingerprint density at radius 2 is 1.89 bits per heavy atom. The Morgan fingerprint density at radius 3 is 2.68 bits per heavy atom. The largest absolute Gasteiger partial charge is 0.365 e. The maximum absolute atomic E-state index is 6.42. The first-order chi connectivity index (χ1) is 13.2. The molecule has 4 aromatic rings. The van der Waals surface area contributed by atoms with Crippen molar-refractivity contribution in [2.75, 3.05) is 0 Å². The van der Waals surface area contributed by atoms with Gasteiger partial charge in [-0.2, -0.15) is 0 Å². The number of benzene rings is 2. The smallest absolute Gasteiger partial charge is 0.102 e. The highest BCUT2D eigenvalue weighted by Crippen LogP contribution is 2.30. The molecule has 0 N–H and O–H groups in total. The van der Waals surface area contributed by atoms with Crippen LogP contribution in [-0.4, -0.2) is 14.5 Å². The minimum atomic E-state index is -0.253. The van der Waals surface area contributed by atoms with Gasteiger partial charge in [0.2, 0.25) is 0 Å². The SMILES string of the molecule is Cl.Clc1ccc(C(Cn2ccnc2)OCc2ccc3ccccc3n2)c(Cl)c1. The first-order valence-corrected chi connectivity index (χ1v) is 9.31. The summed E-state index contributed by atoms with van der Waals surface area (Å²) >= 11 is 12.5. The highest BCUT2D eigenvalue weighted by Gasteiger charge is 2.17. The van der Waals surface area contributed by atoms with Crippen LogP contribution in [0.5, 0.6) is 0 Å². The van der Waals surface area contributed by atoms with Crippen molar-refractivity contribution in [3.8, 4) is 0 Å². The van der Waals surface area contributed by atoms with Gasteiger partial charge in [0.1, 0.15) is 6.10 Å². The highest BCUT2D eigenvalue weighted by molar-refractivity contribution is 6.35. The summed E-state index contributed by atoms with van der Waals surface area (Å²) in [5.74, 6) is 0. The maximum Gasteiger partial charge on any atom is 0.102 e. The number of nitrogens with zero attached hydrogens (tertiary/aromatic N) is 3. The van der Waals surface area contributed by atoms with Crippen LogP contribution >= 0.6 is 35.6 Å². The molecule has 0 aliphatic heterocycles. The second-order valence-electron chi connectivity index (χ2n) is 6.22. The van der Waals surface area contributed by atoms with Crippen LogP contribution in [-0.2, 0) is 17.9 Å². The molecule has 144 valence electrons. The molecule has 2 aromatic carbocycles. The zero-order valence-corrected chi connectivity index (χ0v) is 17.2. The predicted octanol–water partition coefficient (Wildman–Crippen LogP) is 6.12. The van der Waals surface area contributed by atoms with Gasteiger partial charge in [0, 0.05) is 33.4 Å². The number of hydrogen-bond acceptors (Lipinski definition) is 3. The van der Waals surface area contributed by atoms with Gasteiger partial charge in [-0.05, 0) is 24.3 Å². The molecule has 0 aliphatic rings. The van der Waals surface area contributed by atoms with Crippen LogP contribution in [0.15, 0.2) is 73.3 Å². The van der Waals surface area contributed by atoms with Gasteiger partial charge in [-0.15, -0.1) is 12.4 Å². The molecule has 2 heterocycles. The Kier molecular flexibility index (Phi) is 6.92. The van der Waals surface area contributed by atoms with E-state index in [1.54, 1.807) is 18.6 Å². The van der Waals surface area contributed by atoms with Crippen molar-refractivity contribution >= 4 is 46.5 Å². The average molecular weight is 435 g/mol. The lowest BCUT2D eigenvalue weighted by molar-refractivity contribution is 0.0264. The fourth-order valence-electron chi connectivity index (χ4n) is 2.96. The van der Waals surface area contributed by atoms with Crippen molar-refractivity contribution in [1.29, 1.82) is 0 Å². The number of imidazole rings is 1. The standard InChI is InChI=1S/C21H17Cl2N3O.ClH/c22-16-6-8-18(19(23)11-16)21(12-26-10-9-24-14-26)27-13-17-7-5-15-3-1-2-4-20(15)25-17;/h1-11,14,21H,12-13H2;1H. The van der Waals surface area contributed by atoms with Crippen LogP contribution in [0.25, 0.3) is 10.9 Å². The summed E-state index contributed by atoms with van der Waals surface area (Å²) in [6.45, 7) is 0.970. The van der Waals surface area contributed by atoms with E-state index >= 15 is 0 Å². The topological polar surface area (TPSA) is 39.9 Å². The molecule has 0 amide bonds. The molecule has 1 unspecified atom stereocenters. The van der Waals surface area contributed by atoms with E-state index in [-0.39, 0.29) is 18.5 Å². The fraction of sp³-hybridized carbons (Fsp3) is 0.143. The molecule has 4 nitrogen and oxygen atoms in total.